The van der Waals surface area contributed by atoms with Crippen molar-refractivity contribution in [3.8, 4) is 17.2 Å². The molecular formula is C26H28N2O4S. The molecule has 1 amide bonds. The van der Waals surface area contributed by atoms with E-state index in [4.69, 9.17) is 26.4 Å². The van der Waals surface area contributed by atoms with Gasteiger partial charge in [-0.15, -0.1) is 0 Å². The molecule has 0 aliphatic rings. The van der Waals surface area contributed by atoms with Crippen LogP contribution in [0, 0.1) is 5.92 Å². The fraction of sp³-hybridized carbons (Fsp3) is 0.231. The average molecular weight is 465 g/mol. The maximum absolute atomic E-state index is 12.6. The maximum atomic E-state index is 12.6. The smallest absolute Gasteiger partial charge is 0.257 e. The summed E-state index contributed by atoms with van der Waals surface area (Å²) in [6.07, 6.45) is 0. The Labute approximate surface area is 199 Å². The van der Waals surface area contributed by atoms with E-state index in [1.807, 2.05) is 54.6 Å². The van der Waals surface area contributed by atoms with Crippen LogP contribution < -0.4 is 24.8 Å². The number of anilines is 1. The molecule has 0 saturated heterocycles. The summed E-state index contributed by atoms with van der Waals surface area (Å²) in [5.74, 6) is 2.28. The molecule has 3 rings (SSSR count). The van der Waals surface area contributed by atoms with E-state index in [0.29, 0.717) is 37.1 Å². The molecule has 0 heterocycles. The molecule has 0 atom stereocenters. The van der Waals surface area contributed by atoms with Crippen LogP contribution in [0.1, 0.15) is 24.2 Å². The van der Waals surface area contributed by atoms with Gasteiger partial charge >= 0.3 is 0 Å². The summed E-state index contributed by atoms with van der Waals surface area (Å²) in [5.41, 5.74) is 1.20. The van der Waals surface area contributed by atoms with Crippen molar-refractivity contribution in [3.63, 3.8) is 0 Å². The van der Waals surface area contributed by atoms with Gasteiger partial charge in [0.2, 0.25) is 0 Å². The van der Waals surface area contributed by atoms with E-state index < -0.39 is 0 Å². The van der Waals surface area contributed by atoms with Crippen molar-refractivity contribution < 1.29 is 19.0 Å². The van der Waals surface area contributed by atoms with Crippen molar-refractivity contribution in [2.24, 2.45) is 5.92 Å². The van der Waals surface area contributed by atoms with Gasteiger partial charge in [-0.25, -0.2) is 0 Å². The molecule has 33 heavy (non-hydrogen) atoms. The van der Waals surface area contributed by atoms with Gasteiger partial charge in [0.05, 0.1) is 6.61 Å². The molecule has 0 spiro atoms. The predicted molar refractivity (Wildman–Crippen MR) is 134 cm³/mol. The zero-order valence-corrected chi connectivity index (χ0v) is 19.6. The van der Waals surface area contributed by atoms with Crippen molar-refractivity contribution in [2.75, 3.05) is 25.1 Å². The van der Waals surface area contributed by atoms with Crippen molar-refractivity contribution in [2.45, 2.75) is 13.8 Å². The number of hydrogen-bond acceptors (Lipinski definition) is 5. The largest absolute Gasteiger partial charge is 0.493 e. The van der Waals surface area contributed by atoms with E-state index >= 15 is 0 Å². The van der Waals surface area contributed by atoms with Crippen molar-refractivity contribution >= 4 is 28.9 Å². The van der Waals surface area contributed by atoms with Gasteiger partial charge in [-0.1, -0.05) is 38.1 Å². The first kappa shape index (κ1) is 24.1. The maximum Gasteiger partial charge on any atom is 0.257 e. The van der Waals surface area contributed by atoms with Gasteiger partial charge in [0, 0.05) is 11.3 Å². The lowest BCUT2D eigenvalue weighted by Gasteiger charge is -2.12. The highest BCUT2D eigenvalue weighted by molar-refractivity contribution is 7.80. The van der Waals surface area contributed by atoms with Crippen LogP contribution in [0.4, 0.5) is 5.69 Å². The Morgan fingerprint density at radius 2 is 1.45 bits per heavy atom. The first-order valence-corrected chi connectivity index (χ1v) is 11.2. The van der Waals surface area contributed by atoms with Crippen LogP contribution in [0.15, 0.2) is 78.9 Å². The summed E-state index contributed by atoms with van der Waals surface area (Å²) in [5, 5.41) is 5.90. The fourth-order valence-electron chi connectivity index (χ4n) is 2.80. The monoisotopic (exact) mass is 464 g/mol. The molecule has 172 valence electrons. The number of benzene rings is 3. The van der Waals surface area contributed by atoms with Crippen LogP contribution in [0.2, 0.25) is 0 Å². The number of carbonyl (C=O) groups excluding carboxylic acids is 1. The van der Waals surface area contributed by atoms with E-state index in [9.17, 15) is 4.79 Å². The third-order valence-corrected chi connectivity index (χ3v) is 4.59. The van der Waals surface area contributed by atoms with Gasteiger partial charge in [0.15, 0.2) is 5.11 Å². The Hall–Kier alpha value is -3.58. The zero-order chi connectivity index (χ0) is 23.5. The van der Waals surface area contributed by atoms with Crippen LogP contribution in [-0.4, -0.2) is 30.8 Å². The second-order valence-corrected chi connectivity index (χ2v) is 8.08. The van der Waals surface area contributed by atoms with Gasteiger partial charge in [-0.3, -0.25) is 10.1 Å². The number of nitrogens with one attached hydrogen (secondary N) is 2. The summed E-state index contributed by atoms with van der Waals surface area (Å²) >= 11 is 5.27. The van der Waals surface area contributed by atoms with Gasteiger partial charge in [0.25, 0.3) is 5.91 Å². The second-order valence-electron chi connectivity index (χ2n) is 7.68. The molecule has 0 saturated carbocycles. The molecule has 6 nitrogen and oxygen atoms in total. The Morgan fingerprint density at radius 1 is 0.818 bits per heavy atom. The summed E-state index contributed by atoms with van der Waals surface area (Å²) < 4.78 is 17.0. The molecule has 0 unspecified atom stereocenters. The fourth-order valence-corrected chi connectivity index (χ4v) is 3.01. The number of ether oxygens (including phenoxy) is 3. The predicted octanol–water partition coefficient (Wildman–Crippen LogP) is 5.31. The number of rotatable bonds is 10. The first-order valence-electron chi connectivity index (χ1n) is 10.8. The third kappa shape index (κ3) is 8.46. The van der Waals surface area contributed by atoms with Gasteiger partial charge < -0.3 is 19.5 Å². The topological polar surface area (TPSA) is 68.8 Å². The molecule has 0 aromatic heterocycles. The van der Waals surface area contributed by atoms with E-state index in [-0.39, 0.29) is 11.0 Å². The van der Waals surface area contributed by atoms with E-state index in [2.05, 4.69) is 24.5 Å². The van der Waals surface area contributed by atoms with Crippen LogP contribution in [0.25, 0.3) is 0 Å². The lowest BCUT2D eigenvalue weighted by molar-refractivity contribution is 0.0977. The molecule has 7 heteroatoms. The Kier molecular flexibility index (Phi) is 9.08. The summed E-state index contributed by atoms with van der Waals surface area (Å²) in [6, 6.07) is 23.9. The van der Waals surface area contributed by atoms with Crippen LogP contribution in [0.3, 0.4) is 0 Å². The summed E-state index contributed by atoms with van der Waals surface area (Å²) in [6.45, 7) is 5.61. The number of thiocarbonyl (C=S) groups is 1. The standard InChI is InChI=1S/C26H28N2O4S/c1-19(2)18-32-23-13-11-21(12-14-23)27-26(33)28-25(29)20-7-6-10-24(17-20)31-16-15-30-22-8-4-3-5-9-22/h3-14,17,19H,15-16,18H2,1-2H3,(H2,27,28,29,33). The SMILES string of the molecule is CC(C)COc1ccc(NC(=S)NC(=O)c2cccc(OCCOc3ccccc3)c2)cc1. The highest BCUT2D eigenvalue weighted by Gasteiger charge is 2.09. The normalized spacial score (nSPS) is 10.4. The van der Waals surface area contributed by atoms with E-state index in [1.54, 1.807) is 24.3 Å². The van der Waals surface area contributed by atoms with Crippen LogP contribution >= 0.6 is 12.2 Å². The molecule has 3 aromatic rings. The zero-order valence-electron chi connectivity index (χ0n) is 18.7. The quantitative estimate of drug-likeness (QED) is 0.313. The number of hydrogen-bond donors (Lipinski definition) is 2. The van der Waals surface area contributed by atoms with Crippen molar-refractivity contribution in [1.82, 2.24) is 5.32 Å². The molecule has 0 bridgehead atoms. The minimum absolute atomic E-state index is 0.207. The number of carbonyl (C=O) groups is 1. The molecule has 0 radical (unpaired) electrons. The first-order chi connectivity index (χ1) is 16.0. The highest BCUT2D eigenvalue weighted by atomic mass is 32.1. The molecule has 3 aromatic carbocycles. The summed E-state index contributed by atoms with van der Waals surface area (Å²) in [7, 11) is 0. The lowest BCUT2D eigenvalue weighted by Crippen LogP contribution is -2.34. The Balaban J connectivity index is 1.45. The molecule has 0 aliphatic carbocycles. The van der Waals surface area contributed by atoms with Crippen molar-refractivity contribution in [1.29, 1.82) is 0 Å². The molecule has 0 fully saturated rings. The Bertz CT molecular complexity index is 1040. The van der Waals surface area contributed by atoms with Crippen LogP contribution in [-0.2, 0) is 0 Å². The minimum atomic E-state index is -0.324. The molecule has 2 N–H and O–H groups in total. The highest BCUT2D eigenvalue weighted by Crippen LogP contribution is 2.17. The Morgan fingerprint density at radius 3 is 2.15 bits per heavy atom. The van der Waals surface area contributed by atoms with Crippen molar-refractivity contribution in [3.05, 3.63) is 84.4 Å². The van der Waals surface area contributed by atoms with Gasteiger partial charge in [0.1, 0.15) is 30.5 Å². The molecule has 0 aliphatic heterocycles. The van der Waals surface area contributed by atoms with Gasteiger partial charge in [-0.05, 0) is 72.7 Å². The number of amides is 1. The average Bonchev–Trinajstić information content (AvgIpc) is 2.82. The van der Waals surface area contributed by atoms with Gasteiger partial charge in [-0.2, -0.15) is 0 Å². The van der Waals surface area contributed by atoms with E-state index in [1.165, 1.54) is 0 Å². The van der Waals surface area contributed by atoms with Crippen LogP contribution in [0.5, 0.6) is 17.2 Å². The second kappa shape index (κ2) is 12.5. The third-order valence-electron chi connectivity index (χ3n) is 4.38. The lowest BCUT2D eigenvalue weighted by atomic mass is 10.2. The summed E-state index contributed by atoms with van der Waals surface area (Å²) in [4.78, 5) is 12.6. The number of para-hydroxylation sites is 1. The molecular weight excluding hydrogens is 436 g/mol. The van der Waals surface area contributed by atoms with E-state index in [0.717, 1.165) is 17.2 Å². The minimum Gasteiger partial charge on any atom is -0.493 e.